The van der Waals surface area contributed by atoms with E-state index >= 15 is 0 Å². The zero-order valence-corrected chi connectivity index (χ0v) is 12.9. The predicted octanol–water partition coefficient (Wildman–Crippen LogP) is 4.09. The van der Waals surface area contributed by atoms with E-state index < -0.39 is 0 Å². The van der Waals surface area contributed by atoms with Crippen LogP contribution in [0.3, 0.4) is 0 Å². The number of hydrogen-bond donors (Lipinski definition) is 2. The number of nitrogens with zero attached hydrogens (tertiary/aromatic N) is 2. The minimum absolute atomic E-state index is 0.549. The van der Waals surface area contributed by atoms with Gasteiger partial charge in [0.1, 0.15) is 6.07 Å². The third-order valence-electron chi connectivity index (χ3n) is 3.17. The quantitative estimate of drug-likeness (QED) is 0.664. The van der Waals surface area contributed by atoms with Gasteiger partial charge in [-0.1, -0.05) is 6.07 Å². The first kappa shape index (κ1) is 12.9. The van der Waals surface area contributed by atoms with Gasteiger partial charge >= 0.3 is 0 Å². The zero-order valence-electron chi connectivity index (χ0n) is 10.7. The van der Waals surface area contributed by atoms with Crippen LogP contribution in [0.4, 0.5) is 11.4 Å². The Morgan fingerprint density at radius 1 is 1.35 bits per heavy atom. The molecular formula is C15H11IN4. The van der Waals surface area contributed by atoms with Gasteiger partial charge in [0.15, 0.2) is 0 Å². The maximum absolute atomic E-state index is 9.25. The van der Waals surface area contributed by atoms with Crippen LogP contribution >= 0.6 is 22.6 Å². The Morgan fingerprint density at radius 2 is 2.20 bits per heavy atom. The van der Waals surface area contributed by atoms with E-state index in [2.05, 4.69) is 43.9 Å². The second-order valence-corrected chi connectivity index (χ2v) is 5.51. The molecule has 0 saturated carbocycles. The summed E-state index contributed by atoms with van der Waals surface area (Å²) >= 11 is 2.22. The van der Waals surface area contributed by atoms with E-state index in [1.165, 1.54) is 0 Å². The molecule has 0 aliphatic heterocycles. The highest BCUT2D eigenvalue weighted by atomic mass is 127. The van der Waals surface area contributed by atoms with E-state index in [0.29, 0.717) is 5.56 Å². The number of H-pyrrole nitrogens is 1. The van der Waals surface area contributed by atoms with Crippen LogP contribution in [0.2, 0.25) is 0 Å². The molecule has 2 heterocycles. The molecule has 0 saturated heterocycles. The van der Waals surface area contributed by atoms with Crippen molar-refractivity contribution in [2.45, 2.75) is 6.92 Å². The van der Waals surface area contributed by atoms with Crippen LogP contribution in [0.1, 0.15) is 11.3 Å². The molecule has 0 spiro atoms. The van der Waals surface area contributed by atoms with Crippen molar-refractivity contribution < 1.29 is 0 Å². The standard InChI is InChI=1S/C15H11IN4/c1-9-14(16)15(10(7-17)8-19-9)20-13-4-2-3-12-11(13)5-6-18-12/h2-6,8,18H,1H3,(H,19,20). The summed E-state index contributed by atoms with van der Waals surface area (Å²) in [5.74, 6) is 0. The van der Waals surface area contributed by atoms with Gasteiger partial charge in [-0.05, 0) is 47.7 Å². The number of aromatic amines is 1. The Hall–Kier alpha value is -2.07. The van der Waals surface area contributed by atoms with E-state index in [1.807, 2.05) is 37.4 Å². The average molecular weight is 374 g/mol. The molecule has 2 aromatic heterocycles. The molecule has 0 atom stereocenters. The lowest BCUT2D eigenvalue weighted by Gasteiger charge is -2.12. The molecule has 1 aromatic carbocycles. The number of halogens is 1. The maximum atomic E-state index is 9.25. The molecule has 0 fully saturated rings. The van der Waals surface area contributed by atoms with E-state index in [1.54, 1.807) is 6.20 Å². The SMILES string of the molecule is Cc1ncc(C#N)c(Nc2cccc3[nH]ccc23)c1I. The van der Waals surface area contributed by atoms with Gasteiger partial charge < -0.3 is 10.3 Å². The molecule has 0 bridgehead atoms. The second-order valence-electron chi connectivity index (χ2n) is 4.43. The lowest BCUT2D eigenvalue weighted by atomic mass is 10.1. The summed E-state index contributed by atoms with van der Waals surface area (Å²) < 4.78 is 0.967. The molecule has 2 N–H and O–H groups in total. The summed E-state index contributed by atoms with van der Waals surface area (Å²) in [6, 6.07) is 10.2. The fourth-order valence-corrected chi connectivity index (χ4v) is 2.68. The Morgan fingerprint density at radius 3 is 3.00 bits per heavy atom. The molecule has 3 rings (SSSR count). The number of aryl methyl sites for hydroxylation is 1. The minimum Gasteiger partial charge on any atom is -0.361 e. The van der Waals surface area contributed by atoms with Crippen LogP contribution in [0.5, 0.6) is 0 Å². The van der Waals surface area contributed by atoms with E-state index in [9.17, 15) is 5.26 Å². The highest BCUT2D eigenvalue weighted by Gasteiger charge is 2.12. The topological polar surface area (TPSA) is 64.5 Å². The molecular weight excluding hydrogens is 363 g/mol. The molecule has 20 heavy (non-hydrogen) atoms. The van der Waals surface area contributed by atoms with E-state index in [0.717, 1.165) is 31.5 Å². The van der Waals surface area contributed by atoms with Gasteiger partial charge in [-0.2, -0.15) is 5.26 Å². The van der Waals surface area contributed by atoms with Crippen LogP contribution in [-0.4, -0.2) is 9.97 Å². The number of pyridine rings is 1. The normalized spacial score (nSPS) is 10.4. The average Bonchev–Trinajstić information content (AvgIpc) is 2.93. The summed E-state index contributed by atoms with van der Waals surface area (Å²) in [6.07, 6.45) is 3.51. The van der Waals surface area contributed by atoms with E-state index in [4.69, 9.17) is 0 Å². The highest BCUT2D eigenvalue weighted by Crippen LogP contribution is 2.31. The van der Waals surface area contributed by atoms with Crippen molar-refractivity contribution >= 4 is 44.9 Å². The Bertz CT molecular complexity index is 829. The Labute approximate surface area is 130 Å². The molecule has 0 unspecified atom stereocenters. The van der Waals surface area contributed by atoms with E-state index in [-0.39, 0.29) is 0 Å². The fraction of sp³-hybridized carbons (Fsp3) is 0.0667. The fourth-order valence-electron chi connectivity index (χ4n) is 2.12. The molecule has 0 aliphatic carbocycles. The molecule has 0 aliphatic rings. The maximum Gasteiger partial charge on any atom is 0.103 e. The molecule has 3 aromatic rings. The number of nitriles is 1. The summed E-state index contributed by atoms with van der Waals surface area (Å²) in [5, 5.41) is 13.7. The molecule has 98 valence electrons. The number of benzene rings is 1. The number of rotatable bonds is 2. The summed E-state index contributed by atoms with van der Waals surface area (Å²) in [6.45, 7) is 1.94. The second kappa shape index (κ2) is 5.13. The molecule has 5 heteroatoms. The van der Waals surface area contributed by atoms with Crippen molar-refractivity contribution in [3.63, 3.8) is 0 Å². The first-order valence-electron chi connectivity index (χ1n) is 6.09. The predicted molar refractivity (Wildman–Crippen MR) is 88.0 cm³/mol. The Kier molecular flexibility index (Phi) is 3.32. The third kappa shape index (κ3) is 2.12. The van der Waals surface area contributed by atoms with Crippen LogP contribution in [0.25, 0.3) is 10.9 Å². The first-order chi connectivity index (χ1) is 9.70. The van der Waals surface area contributed by atoms with Crippen molar-refractivity contribution in [2.24, 2.45) is 0 Å². The lowest BCUT2D eigenvalue weighted by Crippen LogP contribution is -2.00. The van der Waals surface area contributed by atoms with Crippen molar-refractivity contribution in [2.75, 3.05) is 5.32 Å². The van der Waals surface area contributed by atoms with Gasteiger partial charge in [0.2, 0.25) is 0 Å². The summed E-state index contributed by atoms with van der Waals surface area (Å²) in [4.78, 5) is 7.41. The Balaban J connectivity index is 2.14. The first-order valence-corrected chi connectivity index (χ1v) is 7.17. The molecule has 0 radical (unpaired) electrons. The van der Waals surface area contributed by atoms with Gasteiger partial charge in [-0.25, -0.2) is 0 Å². The smallest absolute Gasteiger partial charge is 0.103 e. The monoisotopic (exact) mass is 374 g/mol. The van der Waals surface area contributed by atoms with Crippen molar-refractivity contribution in [3.05, 3.63) is 51.5 Å². The summed E-state index contributed by atoms with van der Waals surface area (Å²) in [5.41, 5.74) is 4.31. The van der Waals surface area contributed by atoms with Crippen LogP contribution in [0, 0.1) is 21.8 Å². The largest absolute Gasteiger partial charge is 0.361 e. The summed E-state index contributed by atoms with van der Waals surface area (Å²) in [7, 11) is 0. The van der Waals surface area contributed by atoms with Crippen molar-refractivity contribution in [1.29, 1.82) is 5.26 Å². The van der Waals surface area contributed by atoms with Crippen molar-refractivity contribution in [1.82, 2.24) is 9.97 Å². The van der Waals surface area contributed by atoms with Gasteiger partial charge in [0.05, 0.1) is 20.5 Å². The third-order valence-corrected chi connectivity index (χ3v) is 4.49. The van der Waals surface area contributed by atoms with Gasteiger partial charge in [-0.15, -0.1) is 0 Å². The lowest BCUT2D eigenvalue weighted by molar-refractivity contribution is 1.17. The van der Waals surface area contributed by atoms with Gasteiger partial charge in [0.25, 0.3) is 0 Å². The van der Waals surface area contributed by atoms with Crippen LogP contribution < -0.4 is 5.32 Å². The zero-order chi connectivity index (χ0) is 14.1. The van der Waals surface area contributed by atoms with Crippen LogP contribution in [-0.2, 0) is 0 Å². The van der Waals surface area contributed by atoms with Crippen molar-refractivity contribution in [3.8, 4) is 6.07 Å². The minimum atomic E-state index is 0.549. The molecule has 0 amide bonds. The van der Waals surface area contributed by atoms with Gasteiger partial charge in [-0.3, -0.25) is 4.98 Å². The number of nitrogens with one attached hydrogen (secondary N) is 2. The van der Waals surface area contributed by atoms with Crippen LogP contribution in [0.15, 0.2) is 36.7 Å². The number of hydrogen-bond acceptors (Lipinski definition) is 3. The number of aromatic nitrogens is 2. The molecule has 4 nitrogen and oxygen atoms in total. The van der Waals surface area contributed by atoms with Gasteiger partial charge in [0, 0.05) is 29.0 Å². The number of fused-ring (bicyclic) bond motifs is 1. The highest BCUT2D eigenvalue weighted by molar-refractivity contribution is 14.1. The number of anilines is 2.